The predicted octanol–water partition coefficient (Wildman–Crippen LogP) is 0.633. The third-order valence-corrected chi connectivity index (χ3v) is 4.52. The maximum absolute atomic E-state index is 13.2. The summed E-state index contributed by atoms with van der Waals surface area (Å²) in [5, 5.41) is 3.21. The van der Waals surface area contributed by atoms with Crippen molar-refractivity contribution in [2.75, 3.05) is 12.0 Å². The number of aromatic amines is 1. The minimum Gasteiger partial charge on any atom is -0.324 e. The van der Waals surface area contributed by atoms with E-state index in [4.69, 9.17) is 0 Å². The highest BCUT2D eigenvalue weighted by Gasteiger charge is 2.26. The van der Waals surface area contributed by atoms with Crippen LogP contribution in [0.3, 0.4) is 0 Å². The Morgan fingerprint density at radius 3 is 2.50 bits per heavy atom. The summed E-state index contributed by atoms with van der Waals surface area (Å²) < 4.78 is 14.6. The highest BCUT2D eigenvalue weighted by atomic mass is 19.1. The number of anilines is 1. The predicted molar refractivity (Wildman–Crippen MR) is 95.9 cm³/mol. The molecule has 0 saturated carbocycles. The molecule has 0 fully saturated rings. The van der Waals surface area contributed by atoms with Gasteiger partial charge < -0.3 is 10.2 Å². The average molecular weight is 353 g/mol. The number of quaternary nitrogens is 1. The number of aromatic nitrogens is 2. The lowest BCUT2D eigenvalue weighted by Crippen LogP contribution is -3.11. The standard InChI is InChI=1S/C19H17FN4O2/c20-14-6-8-15(9-7-14)24-17-16(18(25)22-19(24)26)11-23(12-21-17)10-13-4-2-1-3-5-13/h1-9,21H,10-12H2,(H,22,25,26)/p+1. The lowest BCUT2D eigenvalue weighted by Gasteiger charge is -2.28. The Bertz CT molecular complexity index is 1040. The molecule has 1 atom stereocenters. The Morgan fingerprint density at radius 1 is 1.04 bits per heavy atom. The molecule has 1 unspecified atom stereocenters. The lowest BCUT2D eigenvalue weighted by molar-refractivity contribution is -0.926. The number of hydrogen-bond donors (Lipinski definition) is 3. The normalized spacial score (nSPS) is 16.0. The van der Waals surface area contributed by atoms with E-state index in [1.807, 2.05) is 30.3 Å². The van der Waals surface area contributed by atoms with Gasteiger partial charge in [-0.15, -0.1) is 0 Å². The Balaban J connectivity index is 1.71. The SMILES string of the molecule is O=c1[nH]c(=O)n(-c2ccc(F)cc2)c2c1C[NH+](Cc1ccccc1)CN2. The summed E-state index contributed by atoms with van der Waals surface area (Å²) in [5.41, 5.74) is 1.27. The van der Waals surface area contributed by atoms with Crippen molar-refractivity contribution in [1.29, 1.82) is 0 Å². The first-order valence-electron chi connectivity index (χ1n) is 8.37. The quantitative estimate of drug-likeness (QED) is 0.647. The van der Waals surface area contributed by atoms with E-state index in [1.54, 1.807) is 0 Å². The van der Waals surface area contributed by atoms with E-state index in [0.29, 0.717) is 30.3 Å². The molecule has 1 aliphatic rings. The molecule has 0 bridgehead atoms. The van der Waals surface area contributed by atoms with Gasteiger partial charge in [0.05, 0.1) is 5.69 Å². The van der Waals surface area contributed by atoms with E-state index in [0.717, 1.165) is 6.54 Å². The van der Waals surface area contributed by atoms with Gasteiger partial charge in [0, 0.05) is 5.56 Å². The van der Waals surface area contributed by atoms with Crippen LogP contribution in [0, 0.1) is 5.82 Å². The Labute approximate surface area is 148 Å². The highest BCUT2D eigenvalue weighted by Crippen LogP contribution is 2.16. The summed E-state index contributed by atoms with van der Waals surface area (Å²) in [6.07, 6.45) is 0. The van der Waals surface area contributed by atoms with Gasteiger partial charge in [0.15, 0.2) is 6.67 Å². The molecule has 0 aliphatic carbocycles. The third-order valence-electron chi connectivity index (χ3n) is 4.52. The number of nitrogens with one attached hydrogen (secondary N) is 3. The van der Waals surface area contributed by atoms with E-state index in [1.165, 1.54) is 39.3 Å². The van der Waals surface area contributed by atoms with Crippen LogP contribution in [0.1, 0.15) is 11.1 Å². The molecule has 2 heterocycles. The van der Waals surface area contributed by atoms with Crippen LogP contribution < -0.4 is 21.5 Å². The summed E-state index contributed by atoms with van der Waals surface area (Å²) in [4.78, 5) is 28.2. The van der Waals surface area contributed by atoms with E-state index in [2.05, 4.69) is 10.3 Å². The smallest absolute Gasteiger partial charge is 0.324 e. The number of rotatable bonds is 3. The second-order valence-electron chi connectivity index (χ2n) is 6.34. The molecular weight excluding hydrogens is 335 g/mol. The van der Waals surface area contributed by atoms with Crippen molar-refractivity contribution < 1.29 is 9.29 Å². The molecule has 1 aromatic heterocycles. The second kappa shape index (κ2) is 6.61. The summed E-state index contributed by atoms with van der Waals surface area (Å²) in [7, 11) is 0. The topological polar surface area (TPSA) is 71.3 Å². The molecule has 132 valence electrons. The first-order valence-corrected chi connectivity index (χ1v) is 8.37. The first-order chi connectivity index (χ1) is 12.6. The fourth-order valence-electron chi connectivity index (χ4n) is 3.29. The van der Waals surface area contributed by atoms with Crippen LogP contribution >= 0.6 is 0 Å². The third kappa shape index (κ3) is 3.04. The number of hydrogen-bond acceptors (Lipinski definition) is 3. The van der Waals surface area contributed by atoms with Crippen molar-refractivity contribution in [3.8, 4) is 5.69 Å². The van der Waals surface area contributed by atoms with Crippen LogP contribution in [0.4, 0.5) is 10.2 Å². The fraction of sp³-hybridized carbons (Fsp3) is 0.158. The van der Waals surface area contributed by atoms with Crippen LogP contribution in [0.5, 0.6) is 0 Å². The van der Waals surface area contributed by atoms with Crippen LogP contribution in [-0.4, -0.2) is 16.2 Å². The fourth-order valence-corrected chi connectivity index (χ4v) is 3.29. The molecule has 3 aromatic rings. The van der Waals surface area contributed by atoms with Gasteiger partial charge in [0.2, 0.25) is 0 Å². The minimum atomic E-state index is -0.542. The molecule has 1 aliphatic heterocycles. The van der Waals surface area contributed by atoms with E-state index >= 15 is 0 Å². The van der Waals surface area contributed by atoms with Crippen LogP contribution in [0.2, 0.25) is 0 Å². The molecule has 7 heteroatoms. The van der Waals surface area contributed by atoms with Gasteiger partial charge in [0.25, 0.3) is 5.56 Å². The number of fused-ring (bicyclic) bond motifs is 1. The van der Waals surface area contributed by atoms with E-state index < -0.39 is 5.69 Å². The lowest BCUT2D eigenvalue weighted by atomic mass is 10.1. The molecule has 0 radical (unpaired) electrons. The van der Waals surface area contributed by atoms with Gasteiger partial charge in [-0.1, -0.05) is 30.3 Å². The largest absolute Gasteiger partial charge is 0.334 e. The average Bonchev–Trinajstić information content (AvgIpc) is 2.64. The molecule has 2 aromatic carbocycles. The van der Waals surface area contributed by atoms with E-state index in [-0.39, 0.29) is 11.4 Å². The molecule has 0 spiro atoms. The number of halogens is 1. The maximum atomic E-state index is 13.2. The Kier molecular flexibility index (Phi) is 4.14. The van der Waals surface area contributed by atoms with Crippen molar-refractivity contribution in [1.82, 2.24) is 9.55 Å². The van der Waals surface area contributed by atoms with Crippen molar-refractivity contribution >= 4 is 5.82 Å². The van der Waals surface area contributed by atoms with Gasteiger partial charge in [-0.05, 0) is 24.3 Å². The second-order valence-corrected chi connectivity index (χ2v) is 6.34. The van der Waals surface area contributed by atoms with Crippen molar-refractivity contribution in [3.63, 3.8) is 0 Å². The monoisotopic (exact) mass is 353 g/mol. The van der Waals surface area contributed by atoms with Gasteiger partial charge in [-0.3, -0.25) is 9.78 Å². The molecule has 0 saturated heterocycles. The zero-order valence-corrected chi connectivity index (χ0v) is 14.0. The molecule has 3 N–H and O–H groups in total. The van der Waals surface area contributed by atoms with Crippen molar-refractivity contribution in [2.45, 2.75) is 13.1 Å². The summed E-state index contributed by atoms with van der Waals surface area (Å²) >= 11 is 0. The molecule has 26 heavy (non-hydrogen) atoms. The summed E-state index contributed by atoms with van der Waals surface area (Å²) in [6.45, 7) is 1.84. The molecule has 6 nitrogen and oxygen atoms in total. The Hall–Kier alpha value is -3.19. The maximum Gasteiger partial charge on any atom is 0.334 e. The number of benzene rings is 2. The summed E-state index contributed by atoms with van der Waals surface area (Å²) in [6, 6.07) is 15.6. The van der Waals surface area contributed by atoms with Gasteiger partial charge >= 0.3 is 5.69 Å². The van der Waals surface area contributed by atoms with E-state index in [9.17, 15) is 14.0 Å². The van der Waals surface area contributed by atoms with Crippen molar-refractivity contribution in [2.24, 2.45) is 0 Å². The summed E-state index contributed by atoms with van der Waals surface area (Å²) in [5.74, 6) is 0.0914. The van der Waals surface area contributed by atoms with Crippen LogP contribution in [0.15, 0.2) is 64.2 Å². The molecule has 0 amide bonds. The number of nitrogens with zero attached hydrogens (tertiary/aromatic N) is 1. The minimum absolute atomic E-state index is 0.383. The molecular formula is C19H18FN4O2+. The highest BCUT2D eigenvalue weighted by molar-refractivity contribution is 5.50. The van der Waals surface area contributed by atoms with Gasteiger partial charge in [0.1, 0.15) is 30.3 Å². The zero-order valence-electron chi connectivity index (χ0n) is 14.0. The van der Waals surface area contributed by atoms with Crippen LogP contribution in [-0.2, 0) is 13.1 Å². The van der Waals surface area contributed by atoms with Gasteiger partial charge in [-0.25, -0.2) is 13.8 Å². The van der Waals surface area contributed by atoms with Crippen molar-refractivity contribution in [3.05, 3.63) is 92.4 Å². The molecule has 4 rings (SSSR count). The Morgan fingerprint density at radius 2 is 1.77 bits per heavy atom. The van der Waals surface area contributed by atoms with Crippen LogP contribution in [0.25, 0.3) is 5.69 Å². The number of H-pyrrole nitrogens is 1. The zero-order chi connectivity index (χ0) is 18.1. The first kappa shape index (κ1) is 16.3. The van der Waals surface area contributed by atoms with Gasteiger partial charge in [-0.2, -0.15) is 0 Å².